The largest absolute Gasteiger partial charge is 0.248 e. The maximum absolute atomic E-state index is 5.10. The van der Waals surface area contributed by atoms with Gasteiger partial charge in [0.25, 0.3) is 0 Å². The first-order valence-corrected chi connectivity index (χ1v) is 12.0. The highest BCUT2D eigenvalue weighted by Crippen LogP contribution is 2.33. The molecule has 0 radical (unpaired) electrons. The molecule has 1 aromatic heterocycles. The van der Waals surface area contributed by atoms with E-state index in [4.69, 9.17) is 4.98 Å². The number of nitrogens with zero attached hydrogens (tertiary/aromatic N) is 1. The molecule has 0 N–H and O–H groups in total. The molecule has 0 saturated carbocycles. The second-order valence-electron chi connectivity index (χ2n) is 11.1. The van der Waals surface area contributed by atoms with Crippen LogP contribution in [0, 0.1) is 0 Å². The third-order valence-corrected chi connectivity index (χ3v) is 6.40. The second-order valence-corrected chi connectivity index (χ2v) is 11.1. The van der Waals surface area contributed by atoms with Gasteiger partial charge in [0, 0.05) is 11.1 Å². The van der Waals surface area contributed by atoms with Crippen molar-refractivity contribution in [3.8, 4) is 33.6 Å². The number of benzene rings is 3. The molecule has 4 rings (SSSR count). The average molecular weight is 446 g/mol. The molecule has 0 amide bonds. The van der Waals surface area contributed by atoms with Crippen molar-refractivity contribution < 1.29 is 0 Å². The van der Waals surface area contributed by atoms with E-state index in [0.717, 1.165) is 33.6 Å². The summed E-state index contributed by atoms with van der Waals surface area (Å²) in [4.78, 5) is 5.10. The standard InChI is InChI=1S/C33H35N/c1-8-23-9-11-24(12-10-23)27-21-30(25-13-17-28(18-14-25)32(2,3)4)34-31(22-27)26-15-19-29(20-16-26)33(5,6)7/h8-22H,1H2,2-7H3. The Morgan fingerprint density at radius 3 is 1.26 bits per heavy atom. The van der Waals surface area contributed by atoms with Gasteiger partial charge in [-0.1, -0.05) is 127 Å². The molecule has 0 bridgehead atoms. The van der Waals surface area contributed by atoms with Crippen molar-refractivity contribution >= 4 is 6.08 Å². The molecule has 0 fully saturated rings. The quantitative estimate of drug-likeness (QED) is 0.305. The van der Waals surface area contributed by atoms with Gasteiger partial charge in [0.15, 0.2) is 0 Å². The molecule has 4 aromatic rings. The minimum Gasteiger partial charge on any atom is -0.248 e. The lowest BCUT2D eigenvalue weighted by Gasteiger charge is -2.20. The molecule has 0 spiro atoms. The summed E-state index contributed by atoms with van der Waals surface area (Å²) in [6.07, 6.45) is 1.88. The van der Waals surface area contributed by atoms with Crippen LogP contribution in [-0.2, 0) is 10.8 Å². The Kier molecular flexibility index (Phi) is 6.32. The normalized spacial score (nSPS) is 11.9. The van der Waals surface area contributed by atoms with Gasteiger partial charge in [-0.05, 0) is 50.8 Å². The lowest BCUT2D eigenvalue weighted by atomic mass is 9.86. The highest BCUT2D eigenvalue weighted by molar-refractivity contribution is 5.77. The van der Waals surface area contributed by atoms with E-state index in [9.17, 15) is 0 Å². The van der Waals surface area contributed by atoms with E-state index >= 15 is 0 Å². The van der Waals surface area contributed by atoms with E-state index < -0.39 is 0 Å². The SMILES string of the molecule is C=Cc1ccc(-c2cc(-c3ccc(C(C)(C)C)cc3)nc(-c3ccc(C(C)(C)C)cc3)c2)cc1. The summed E-state index contributed by atoms with van der Waals surface area (Å²) in [6.45, 7) is 17.3. The molecule has 1 heterocycles. The van der Waals surface area contributed by atoms with Gasteiger partial charge in [0.05, 0.1) is 11.4 Å². The molecule has 0 aliphatic heterocycles. The van der Waals surface area contributed by atoms with Gasteiger partial charge < -0.3 is 0 Å². The van der Waals surface area contributed by atoms with Crippen LogP contribution in [0.1, 0.15) is 58.2 Å². The maximum Gasteiger partial charge on any atom is 0.0715 e. The van der Waals surface area contributed by atoms with E-state index in [2.05, 4.69) is 133 Å². The molecule has 0 saturated heterocycles. The summed E-state index contributed by atoms with van der Waals surface area (Å²) < 4.78 is 0. The van der Waals surface area contributed by atoms with Crippen LogP contribution >= 0.6 is 0 Å². The number of rotatable bonds is 4. The van der Waals surface area contributed by atoms with E-state index in [-0.39, 0.29) is 10.8 Å². The average Bonchev–Trinajstić information content (AvgIpc) is 2.83. The summed E-state index contributed by atoms with van der Waals surface area (Å²) in [5.41, 5.74) is 10.6. The lowest BCUT2D eigenvalue weighted by molar-refractivity contribution is 0.590. The van der Waals surface area contributed by atoms with Crippen molar-refractivity contribution in [3.63, 3.8) is 0 Å². The van der Waals surface area contributed by atoms with Crippen LogP contribution in [0.25, 0.3) is 39.7 Å². The first-order chi connectivity index (χ1) is 16.0. The smallest absolute Gasteiger partial charge is 0.0715 e. The monoisotopic (exact) mass is 445 g/mol. The summed E-state index contributed by atoms with van der Waals surface area (Å²) in [5.74, 6) is 0. The number of hydrogen-bond donors (Lipinski definition) is 0. The van der Waals surface area contributed by atoms with Crippen molar-refractivity contribution in [2.45, 2.75) is 52.4 Å². The minimum atomic E-state index is 0.126. The number of aromatic nitrogens is 1. The topological polar surface area (TPSA) is 12.9 Å². The molecule has 0 unspecified atom stereocenters. The van der Waals surface area contributed by atoms with Crippen LogP contribution in [0.15, 0.2) is 91.5 Å². The van der Waals surface area contributed by atoms with Gasteiger partial charge in [0.2, 0.25) is 0 Å². The summed E-state index contributed by atoms with van der Waals surface area (Å²) >= 11 is 0. The van der Waals surface area contributed by atoms with Crippen molar-refractivity contribution in [1.82, 2.24) is 4.98 Å². The van der Waals surface area contributed by atoms with E-state index in [1.54, 1.807) is 0 Å². The molecule has 1 heteroatoms. The fourth-order valence-corrected chi connectivity index (χ4v) is 4.09. The number of hydrogen-bond acceptors (Lipinski definition) is 1. The van der Waals surface area contributed by atoms with E-state index in [1.165, 1.54) is 16.7 Å². The van der Waals surface area contributed by atoms with Crippen LogP contribution in [0.5, 0.6) is 0 Å². The Morgan fingerprint density at radius 1 is 0.529 bits per heavy atom. The summed E-state index contributed by atoms with van der Waals surface area (Å²) in [7, 11) is 0. The molecule has 172 valence electrons. The Balaban J connectivity index is 1.83. The van der Waals surface area contributed by atoms with Crippen LogP contribution in [0.4, 0.5) is 0 Å². The Morgan fingerprint density at radius 2 is 0.912 bits per heavy atom. The lowest BCUT2D eigenvalue weighted by Crippen LogP contribution is -2.10. The zero-order valence-corrected chi connectivity index (χ0v) is 21.3. The van der Waals surface area contributed by atoms with Gasteiger partial charge in [-0.25, -0.2) is 4.98 Å². The van der Waals surface area contributed by atoms with E-state index in [0.29, 0.717) is 0 Å². The number of pyridine rings is 1. The highest BCUT2D eigenvalue weighted by atomic mass is 14.7. The van der Waals surface area contributed by atoms with Crippen LogP contribution in [-0.4, -0.2) is 4.98 Å². The Labute approximate surface area is 205 Å². The molecular weight excluding hydrogens is 410 g/mol. The summed E-state index contributed by atoms with van der Waals surface area (Å²) in [5, 5.41) is 0. The molecule has 1 nitrogen and oxygen atoms in total. The molecule has 0 atom stereocenters. The van der Waals surface area contributed by atoms with Crippen LogP contribution in [0.3, 0.4) is 0 Å². The predicted molar refractivity (Wildman–Crippen MR) is 148 cm³/mol. The Hall–Kier alpha value is -3.45. The van der Waals surface area contributed by atoms with E-state index in [1.807, 2.05) is 6.08 Å². The molecule has 0 aliphatic rings. The first kappa shape index (κ1) is 23.7. The third-order valence-electron chi connectivity index (χ3n) is 6.40. The second kappa shape index (κ2) is 9.06. The highest BCUT2D eigenvalue weighted by Gasteiger charge is 2.16. The minimum absolute atomic E-state index is 0.126. The first-order valence-electron chi connectivity index (χ1n) is 12.0. The van der Waals surface area contributed by atoms with Gasteiger partial charge in [-0.3, -0.25) is 0 Å². The van der Waals surface area contributed by atoms with Crippen LogP contribution < -0.4 is 0 Å². The maximum atomic E-state index is 5.10. The van der Waals surface area contributed by atoms with Gasteiger partial charge in [-0.15, -0.1) is 0 Å². The third kappa shape index (κ3) is 5.20. The van der Waals surface area contributed by atoms with Gasteiger partial charge in [-0.2, -0.15) is 0 Å². The van der Waals surface area contributed by atoms with Crippen LogP contribution in [0.2, 0.25) is 0 Å². The molecule has 3 aromatic carbocycles. The van der Waals surface area contributed by atoms with Crippen molar-refractivity contribution in [2.75, 3.05) is 0 Å². The molecule has 34 heavy (non-hydrogen) atoms. The molecular formula is C33H35N. The van der Waals surface area contributed by atoms with Gasteiger partial charge >= 0.3 is 0 Å². The van der Waals surface area contributed by atoms with Crippen molar-refractivity contribution in [2.24, 2.45) is 0 Å². The molecule has 0 aliphatic carbocycles. The zero-order chi connectivity index (χ0) is 24.5. The van der Waals surface area contributed by atoms with Gasteiger partial charge in [0.1, 0.15) is 0 Å². The zero-order valence-electron chi connectivity index (χ0n) is 21.3. The predicted octanol–water partition coefficient (Wildman–Crippen LogP) is 9.32. The Bertz CT molecular complexity index is 1200. The van der Waals surface area contributed by atoms with Crippen molar-refractivity contribution in [1.29, 1.82) is 0 Å². The fraction of sp³-hybridized carbons (Fsp3) is 0.242. The van der Waals surface area contributed by atoms with Crippen molar-refractivity contribution in [3.05, 3.63) is 108 Å². The summed E-state index contributed by atoms with van der Waals surface area (Å²) in [6, 6.07) is 30.6. The fourth-order valence-electron chi connectivity index (χ4n) is 4.09.